The number of hydrogen-bond donors (Lipinski definition) is 2. The van der Waals surface area contributed by atoms with Gasteiger partial charge in [-0.05, 0) is 13.0 Å². The van der Waals surface area contributed by atoms with Crippen LogP contribution in [0.15, 0.2) is 12.4 Å². The number of ether oxygens (including phenoxy) is 1. The fraction of sp³-hybridized carbons (Fsp3) is 0.727. The molecular formula is C11H21N3O2. The van der Waals surface area contributed by atoms with Crippen molar-refractivity contribution < 1.29 is 9.84 Å². The summed E-state index contributed by atoms with van der Waals surface area (Å²) in [6, 6.07) is 0. The van der Waals surface area contributed by atoms with Crippen molar-refractivity contribution in [2.75, 3.05) is 32.9 Å². The first kappa shape index (κ1) is 13.2. The molecule has 1 rings (SSSR count). The summed E-state index contributed by atoms with van der Waals surface area (Å²) in [7, 11) is 2.01. The Hall–Kier alpha value is -0.910. The number of imidazole rings is 1. The average molecular weight is 227 g/mol. The molecular weight excluding hydrogens is 206 g/mol. The zero-order valence-electron chi connectivity index (χ0n) is 9.85. The molecule has 0 saturated carbocycles. The monoisotopic (exact) mass is 227 g/mol. The van der Waals surface area contributed by atoms with E-state index in [9.17, 15) is 0 Å². The molecule has 0 fully saturated rings. The van der Waals surface area contributed by atoms with E-state index in [2.05, 4.69) is 10.3 Å². The van der Waals surface area contributed by atoms with Crippen molar-refractivity contribution >= 4 is 0 Å². The minimum atomic E-state index is 0.104. The number of aliphatic hydroxyl groups excluding tert-OH is 1. The van der Waals surface area contributed by atoms with Crippen LogP contribution in [-0.4, -0.2) is 47.6 Å². The highest BCUT2D eigenvalue weighted by molar-refractivity contribution is 4.91. The summed E-state index contributed by atoms with van der Waals surface area (Å²) < 4.78 is 7.18. The number of nitrogens with one attached hydrogen (secondary N) is 1. The van der Waals surface area contributed by atoms with E-state index >= 15 is 0 Å². The summed E-state index contributed by atoms with van der Waals surface area (Å²) in [5.41, 5.74) is 0. The quantitative estimate of drug-likeness (QED) is 0.581. The van der Waals surface area contributed by atoms with Crippen LogP contribution in [0.25, 0.3) is 0 Å². The third-order valence-electron chi connectivity index (χ3n) is 2.32. The number of aliphatic hydroxyl groups is 1. The van der Waals surface area contributed by atoms with Gasteiger partial charge < -0.3 is 19.7 Å². The molecule has 0 unspecified atom stereocenters. The second kappa shape index (κ2) is 8.27. The van der Waals surface area contributed by atoms with Crippen LogP contribution < -0.4 is 5.32 Å². The highest BCUT2D eigenvalue weighted by atomic mass is 16.5. The third kappa shape index (κ3) is 5.25. The predicted octanol–water partition coefficient (Wildman–Crippen LogP) is -0.0488. The predicted molar refractivity (Wildman–Crippen MR) is 62.3 cm³/mol. The van der Waals surface area contributed by atoms with Gasteiger partial charge >= 0.3 is 0 Å². The van der Waals surface area contributed by atoms with Crippen molar-refractivity contribution in [3.05, 3.63) is 18.2 Å². The summed E-state index contributed by atoms with van der Waals surface area (Å²) in [6.45, 7) is 3.12. The van der Waals surface area contributed by atoms with E-state index in [1.54, 1.807) is 0 Å². The molecule has 0 aliphatic carbocycles. The lowest BCUT2D eigenvalue weighted by atomic mass is 10.3. The average Bonchev–Trinajstić information content (AvgIpc) is 2.68. The molecule has 5 nitrogen and oxygen atoms in total. The van der Waals surface area contributed by atoms with Crippen LogP contribution in [0.3, 0.4) is 0 Å². The van der Waals surface area contributed by atoms with E-state index in [4.69, 9.17) is 9.84 Å². The van der Waals surface area contributed by atoms with Gasteiger partial charge in [0.15, 0.2) is 0 Å². The van der Waals surface area contributed by atoms with E-state index < -0.39 is 0 Å². The van der Waals surface area contributed by atoms with Gasteiger partial charge in [-0.15, -0.1) is 0 Å². The molecule has 1 aromatic rings. The zero-order chi connectivity index (χ0) is 11.6. The van der Waals surface area contributed by atoms with Crippen LogP contribution in [-0.2, 0) is 18.2 Å². The van der Waals surface area contributed by atoms with Crippen LogP contribution >= 0.6 is 0 Å². The Bertz CT molecular complexity index is 276. The zero-order valence-corrected chi connectivity index (χ0v) is 9.85. The number of hydrogen-bond acceptors (Lipinski definition) is 4. The Morgan fingerprint density at radius 3 is 3.00 bits per heavy atom. The Labute approximate surface area is 96.4 Å². The van der Waals surface area contributed by atoms with E-state index in [1.807, 2.05) is 24.0 Å². The maximum Gasteiger partial charge on any atom is 0.109 e. The number of rotatable bonds is 9. The number of nitrogens with zero attached hydrogens (tertiary/aromatic N) is 2. The topological polar surface area (TPSA) is 59.3 Å². The lowest BCUT2D eigenvalue weighted by molar-refractivity contribution is 0.0908. The SMILES string of the molecule is Cn1ccnc1CCNCCCOCCO. The van der Waals surface area contributed by atoms with Crippen molar-refractivity contribution in [2.24, 2.45) is 7.05 Å². The molecule has 0 aliphatic heterocycles. The molecule has 0 aromatic carbocycles. The molecule has 0 spiro atoms. The maximum absolute atomic E-state index is 8.49. The second-order valence-corrected chi connectivity index (χ2v) is 3.64. The highest BCUT2D eigenvalue weighted by Gasteiger charge is 1.97. The van der Waals surface area contributed by atoms with E-state index in [0.717, 1.165) is 31.8 Å². The van der Waals surface area contributed by atoms with Gasteiger partial charge in [0.2, 0.25) is 0 Å². The summed E-state index contributed by atoms with van der Waals surface area (Å²) in [4.78, 5) is 4.24. The van der Waals surface area contributed by atoms with Crippen LogP contribution in [0.1, 0.15) is 12.2 Å². The first-order chi connectivity index (χ1) is 7.84. The van der Waals surface area contributed by atoms with Crippen molar-refractivity contribution in [1.82, 2.24) is 14.9 Å². The van der Waals surface area contributed by atoms with Gasteiger partial charge in [0.25, 0.3) is 0 Å². The van der Waals surface area contributed by atoms with Gasteiger partial charge in [-0.2, -0.15) is 0 Å². The summed E-state index contributed by atoms with van der Waals surface area (Å²) >= 11 is 0. The van der Waals surface area contributed by atoms with Crippen LogP contribution in [0.4, 0.5) is 0 Å². The Morgan fingerprint density at radius 1 is 1.44 bits per heavy atom. The Kier molecular flexibility index (Phi) is 6.80. The molecule has 0 bridgehead atoms. The molecule has 16 heavy (non-hydrogen) atoms. The van der Waals surface area contributed by atoms with Crippen LogP contribution in [0, 0.1) is 0 Å². The molecule has 2 N–H and O–H groups in total. The van der Waals surface area contributed by atoms with Crippen molar-refractivity contribution in [1.29, 1.82) is 0 Å². The molecule has 92 valence electrons. The lowest BCUT2D eigenvalue weighted by Gasteiger charge is -2.05. The standard InChI is InChI=1S/C11H21N3O2/c1-14-7-6-13-11(14)3-5-12-4-2-9-16-10-8-15/h6-7,12,15H,2-5,8-10H2,1H3. The van der Waals surface area contributed by atoms with Crippen molar-refractivity contribution in [2.45, 2.75) is 12.8 Å². The fourth-order valence-corrected chi connectivity index (χ4v) is 1.43. The van der Waals surface area contributed by atoms with Crippen molar-refractivity contribution in [3.8, 4) is 0 Å². The van der Waals surface area contributed by atoms with E-state index in [1.165, 1.54) is 0 Å². The summed E-state index contributed by atoms with van der Waals surface area (Å²) in [6.07, 6.45) is 5.69. The molecule has 1 aromatic heterocycles. The Balaban J connectivity index is 1.91. The molecule has 0 atom stereocenters. The van der Waals surface area contributed by atoms with Gasteiger partial charge in [0, 0.05) is 39.0 Å². The molecule has 1 heterocycles. The number of aryl methyl sites for hydroxylation is 1. The van der Waals surface area contributed by atoms with Crippen molar-refractivity contribution in [3.63, 3.8) is 0 Å². The maximum atomic E-state index is 8.49. The summed E-state index contributed by atoms with van der Waals surface area (Å²) in [5, 5.41) is 11.8. The second-order valence-electron chi connectivity index (χ2n) is 3.64. The molecule has 0 saturated heterocycles. The first-order valence-corrected chi connectivity index (χ1v) is 5.70. The minimum absolute atomic E-state index is 0.104. The lowest BCUT2D eigenvalue weighted by Crippen LogP contribution is -2.21. The first-order valence-electron chi connectivity index (χ1n) is 5.70. The van der Waals surface area contributed by atoms with Gasteiger partial charge in [-0.1, -0.05) is 0 Å². The van der Waals surface area contributed by atoms with Crippen LogP contribution in [0.5, 0.6) is 0 Å². The van der Waals surface area contributed by atoms with E-state index in [0.29, 0.717) is 13.2 Å². The normalized spacial score (nSPS) is 10.9. The molecule has 0 amide bonds. The van der Waals surface area contributed by atoms with E-state index in [-0.39, 0.29) is 6.61 Å². The highest BCUT2D eigenvalue weighted by Crippen LogP contribution is 1.93. The van der Waals surface area contributed by atoms with Crippen LogP contribution in [0.2, 0.25) is 0 Å². The minimum Gasteiger partial charge on any atom is -0.394 e. The smallest absolute Gasteiger partial charge is 0.109 e. The van der Waals surface area contributed by atoms with Gasteiger partial charge in [0.1, 0.15) is 5.82 Å². The van der Waals surface area contributed by atoms with Gasteiger partial charge in [-0.3, -0.25) is 0 Å². The summed E-state index contributed by atoms with van der Waals surface area (Å²) in [5.74, 6) is 1.10. The largest absolute Gasteiger partial charge is 0.394 e. The number of aromatic nitrogens is 2. The Morgan fingerprint density at radius 2 is 2.31 bits per heavy atom. The third-order valence-corrected chi connectivity index (χ3v) is 2.32. The molecule has 5 heteroatoms. The van der Waals surface area contributed by atoms with Gasteiger partial charge in [-0.25, -0.2) is 4.98 Å². The molecule has 0 radical (unpaired) electrons. The van der Waals surface area contributed by atoms with Gasteiger partial charge in [0.05, 0.1) is 13.2 Å². The fourth-order valence-electron chi connectivity index (χ4n) is 1.43. The molecule has 0 aliphatic rings.